The Morgan fingerprint density at radius 1 is 1.27 bits per heavy atom. The molecule has 1 fully saturated rings. The fourth-order valence-corrected chi connectivity index (χ4v) is 3.82. The first-order chi connectivity index (χ1) is 14.5. The summed E-state index contributed by atoms with van der Waals surface area (Å²) in [6.45, 7) is 5.86. The summed E-state index contributed by atoms with van der Waals surface area (Å²) >= 11 is 0. The molecule has 1 aliphatic heterocycles. The quantitative estimate of drug-likeness (QED) is 0.743. The molecule has 9 heteroatoms. The summed E-state index contributed by atoms with van der Waals surface area (Å²) in [5, 5.41) is 6.98. The third kappa shape index (κ3) is 4.02. The van der Waals surface area contributed by atoms with E-state index in [-0.39, 0.29) is 29.7 Å². The maximum atomic E-state index is 13.2. The molecule has 4 rings (SSSR count). The average molecular weight is 413 g/mol. The summed E-state index contributed by atoms with van der Waals surface area (Å²) in [7, 11) is 0. The number of rotatable bonds is 7. The molecule has 0 bridgehead atoms. The number of aryl methyl sites for hydroxylation is 1. The summed E-state index contributed by atoms with van der Waals surface area (Å²) in [6, 6.07) is 0.131. The first kappa shape index (κ1) is 20.3. The summed E-state index contributed by atoms with van der Waals surface area (Å²) in [5.74, 6) is -0.499. The Morgan fingerprint density at radius 2 is 2.07 bits per heavy atom. The lowest BCUT2D eigenvalue weighted by Crippen LogP contribution is -2.41. The summed E-state index contributed by atoms with van der Waals surface area (Å²) in [6.07, 6.45) is 7.46. The molecule has 0 spiro atoms. The van der Waals surface area contributed by atoms with Crippen LogP contribution in [0.3, 0.4) is 0 Å². The minimum atomic E-state index is -0.420. The van der Waals surface area contributed by atoms with Gasteiger partial charge in [0.1, 0.15) is 12.2 Å². The summed E-state index contributed by atoms with van der Waals surface area (Å²) in [4.78, 5) is 40.4. The zero-order chi connectivity index (χ0) is 21.3. The van der Waals surface area contributed by atoms with Gasteiger partial charge in [-0.05, 0) is 44.2 Å². The van der Waals surface area contributed by atoms with Crippen LogP contribution in [0.2, 0.25) is 0 Å². The van der Waals surface area contributed by atoms with Crippen LogP contribution in [-0.4, -0.2) is 50.8 Å². The molecule has 1 N–H and O–H groups in total. The Labute approximate surface area is 174 Å². The number of ether oxygens (including phenoxy) is 1. The van der Waals surface area contributed by atoms with E-state index >= 15 is 0 Å². The predicted octanol–water partition coefficient (Wildman–Crippen LogP) is 1.57. The van der Waals surface area contributed by atoms with E-state index in [0.29, 0.717) is 38.3 Å². The van der Waals surface area contributed by atoms with E-state index in [1.54, 1.807) is 26.5 Å². The van der Waals surface area contributed by atoms with Crippen LogP contribution in [0.15, 0.2) is 23.4 Å². The Kier molecular flexibility index (Phi) is 5.72. The van der Waals surface area contributed by atoms with Gasteiger partial charge in [0.25, 0.3) is 11.5 Å². The molecule has 3 heterocycles. The lowest BCUT2D eigenvalue weighted by atomic mass is 9.96. The van der Waals surface area contributed by atoms with Gasteiger partial charge >= 0.3 is 0 Å². The van der Waals surface area contributed by atoms with Gasteiger partial charge in [-0.1, -0.05) is 0 Å². The van der Waals surface area contributed by atoms with Crippen molar-refractivity contribution in [3.8, 4) is 0 Å². The molecule has 2 aromatic heterocycles. The number of hydrogen-bond donors (Lipinski definition) is 1. The van der Waals surface area contributed by atoms with Crippen LogP contribution in [0, 0.1) is 0 Å². The van der Waals surface area contributed by atoms with Crippen molar-refractivity contribution in [2.45, 2.75) is 52.2 Å². The van der Waals surface area contributed by atoms with Gasteiger partial charge in [0.2, 0.25) is 5.91 Å². The normalized spacial score (nSPS) is 15.7. The molecule has 2 aromatic rings. The van der Waals surface area contributed by atoms with Crippen molar-refractivity contribution in [3.05, 3.63) is 45.6 Å². The maximum Gasteiger partial charge on any atom is 0.263 e. The van der Waals surface area contributed by atoms with Gasteiger partial charge in [-0.2, -0.15) is 5.10 Å². The minimum Gasteiger partial charge on any atom is -0.372 e. The molecule has 0 radical (unpaired) electrons. The Morgan fingerprint density at radius 3 is 2.73 bits per heavy atom. The van der Waals surface area contributed by atoms with E-state index in [9.17, 15) is 14.4 Å². The van der Waals surface area contributed by atoms with Gasteiger partial charge in [-0.3, -0.25) is 19.1 Å². The standard InChI is InChI=1S/C21H27N5O4/c1-3-25-12-15(9-22-25)23-20(28)19-17-7-8-24(18(27)13-30-4-2)10-14(17)11-26(21(19)29)16-5-6-16/h9,11-12,16H,3-8,10,13H2,1-2H3,(H,23,28). The Hall–Kier alpha value is -2.94. The molecule has 0 aromatic carbocycles. The third-order valence-corrected chi connectivity index (χ3v) is 5.59. The highest BCUT2D eigenvalue weighted by molar-refractivity contribution is 6.05. The second kappa shape index (κ2) is 8.43. The van der Waals surface area contributed by atoms with Crippen LogP contribution in [0.1, 0.15) is 54.2 Å². The van der Waals surface area contributed by atoms with Gasteiger partial charge in [-0.15, -0.1) is 0 Å². The fraction of sp³-hybridized carbons (Fsp3) is 0.524. The second-order valence-corrected chi connectivity index (χ2v) is 7.69. The SMILES string of the molecule is CCOCC(=O)N1CCc2c(cn(C3CC3)c(=O)c2C(=O)Nc2cnn(CC)c2)C1. The molecule has 0 saturated heterocycles. The van der Waals surface area contributed by atoms with Gasteiger partial charge in [0.15, 0.2) is 0 Å². The molecule has 160 valence electrons. The Balaban J connectivity index is 1.65. The van der Waals surface area contributed by atoms with E-state index in [2.05, 4.69) is 10.4 Å². The molecule has 0 atom stereocenters. The molecule has 30 heavy (non-hydrogen) atoms. The first-order valence-electron chi connectivity index (χ1n) is 10.5. The van der Waals surface area contributed by atoms with Crippen molar-refractivity contribution in [1.29, 1.82) is 0 Å². The van der Waals surface area contributed by atoms with Crippen molar-refractivity contribution in [1.82, 2.24) is 19.2 Å². The van der Waals surface area contributed by atoms with Crippen LogP contribution < -0.4 is 10.9 Å². The number of nitrogens with zero attached hydrogens (tertiary/aromatic N) is 4. The predicted molar refractivity (Wildman–Crippen MR) is 110 cm³/mol. The van der Waals surface area contributed by atoms with Crippen molar-refractivity contribution in [3.63, 3.8) is 0 Å². The molecule has 2 aliphatic rings. The summed E-state index contributed by atoms with van der Waals surface area (Å²) < 4.78 is 8.62. The minimum absolute atomic E-state index is 0.0445. The zero-order valence-corrected chi connectivity index (χ0v) is 17.4. The van der Waals surface area contributed by atoms with Crippen LogP contribution in [0.4, 0.5) is 5.69 Å². The van der Waals surface area contributed by atoms with Gasteiger partial charge in [0, 0.05) is 44.7 Å². The number of aromatic nitrogens is 3. The van der Waals surface area contributed by atoms with Crippen LogP contribution in [0.5, 0.6) is 0 Å². The van der Waals surface area contributed by atoms with E-state index in [1.165, 1.54) is 0 Å². The smallest absolute Gasteiger partial charge is 0.263 e. The lowest BCUT2D eigenvalue weighted by molar-refractivity contribution is -0.136. The van der Waals surface area contributed by atoms with Crippen molar-refractivity contribution in [2.75, 3.05) is 25.1 Å². The highest BCUT2D eigenvalue weighted by Crippen LogP contribution is 2.35. The van der Waals surface area contributed by atoms with Gasteiger partial charge < -0.3 is 19.5 Å². The molecule has 2 amide bonds. The lowest BCUT2D eigenvalue weighted by Gasteiger charge is -2.30. The maximum absolute atomic E-state index is 13.2. The average Bonchev–Trinajstić information content (AvgIpc) is 3.49. The topological polar surface area (TPSA) is 98.5 Å². The van der Waals surface area contributed by atoms with Crippen molar-refractivity contribution >= 4 is 17.5 Å². The number of carbonyl (C=O) groups excluding carboxylic acids is 2. The molecular formula is C21H27N5O4. The Bertz CT molecular complexity index is 1020. The van der Waals surface area contributed by atoms with Gasteiger partial charge in [-0.25, -0.2) is 0 Å². The number of anilines is 1. The third-order valence-electron chi connectivity index (χ3n) is 5.59. The number of nitrogens with one attached hydrogen (secondary N) is 1. The number of carbonyl (C=O) groups is 2. The molecule has 0 unspecified atom stereocenters. The van der Waals surface area contributed by atoms with Crippen molar-refractivity contribution in [2.24, 2.45) is 0 Å². The van der Waals surface area contributed by atoms with Crippen molar-refractivity contribution < 1.29 is 14.3 Å². The van der Waals surface area contributed by atoms with Gasteiger partial charge in [0.05, 0.1) is 11.9 Å². The number of pyridine rings is 1. The molecule has 1 saturated carbocycles. The monoisotopic (exact) mass is 413 g/mol. The summed E-state index contributed by atoms with van der Waals surface area (Å²) in [5.41, 5.74) is 2.07. The molecule has 9 nitrogen and oxygen atoms in total. The number of amides is 2. The first-order valence-corrected chi connectivity index (χ1v) is 10.5. The number of fused-ring (bicyclic) bond motifs is 1. The van der Waals surface area contributed by atoms with E-state index in [0.717, 1.165) is 24.0 Å². The molecular weight excluding hydrogens is 386 g/mol. The fourth-order valence-electron chi connectivity index (χ4n) is 3.82. The van der Waals surface area contributed by atoms with Crippen LogP contribution in [0.25, 0.3) is 0 Å². The van der Waals surface area contributed by atoms with Crippen LogP contribution in [-0.2, 0) is 29.0 Å². The largest absolute Gasteiger partial charge is 0.372 e. The molecule has 1 aliphatic carbocycles. The van der Waals surface area contributed by atoms with Crippen LogP contribution >= 0.6 is 0 Å². The van der Waals surface area contributed by atoms with E-state index in [1.807, 2.05) is 20.0 Å². The number of hydrogen-bond acceptors (Lipinski definition) is 5. The zero-order valence-electron chi connectivity index (χ0n) is 17.4. The van der Waals surface area contributed by atoms with E-state index in [4.69, 9.17) is 4.74 Å². The second-order valence-electron chi connectivity index (χ2n) is 7.69. The highest BCUT2D eigenvalue weighted by atomic mass is 16.5. The highest BCUT2D eigenvalue weighted by Gasteiger charge is 2.32. The van der Waals surface area contributed by atoms with E-state index < -0.39 is 5.91 Å².